The molecule has 0 saturated heterocycles. The summed E-state index contributed by atoms with van der Waals surface area (Å²) in [6.45, 7) is 2.61. The van der Waals surface area contributed by atoms with E-state index in [4.69, 9.17) is 9.72 Å². The monoisotopic (exact) mass is 464 g/mol. The Morgan fingerprint density at radius 1 is 1.03 bits per heavy atom. The van der Waals surface area contributed by atoms with Crippen molar-refractivity contribution >= 4 is 16.7 Å². The second-order valence-corrected chi connectivity index (χ2v) is 8.64. The van der Waals surface area contributed by atoms with Crippen LogP contribution in [-0.4, -0.2) is 31.9 Å². The van der Waals surface area contributed by atoms with Crippen LogP contribution >= 0.6 is 0 Å². The maximum absolute atomic E-state index is 13.4. The van der Waals surface area contributed by atoms with Crippen LogP contribution in [0, 0.1) is 0 Å². The third-order valence-corrected chi connectivity index (χ3v) is 6.29. The van der Waals surface area contributed by atoms with Gasteiger partial charge in [0.15, 0.2) is 5.78 Å². The second-order valence-electron chi connectivity index (χ2n) is 8.64. The fourth-order valence-electron chi connectivity index (χ4n) is 4.54. The number of hydrogen-bond donors (Lipinski definition) is 1. The molecule has 0 fully saturated rings. The Bertz CT molecular complexity index is 1400. The Kier molecular flexibility index (Phi) is 6.44. The summed E-state index contributed by atoms with van der Waals surface area (Å²) in [5.74, 6) is 1.65. The SMILES string of the molecule is CCOc1ccc(-c2cnc([C@@H](CC(=O)c3cc4ccccc4[nH]3)Cc3ccccn3)n2C)cc1. The van der Waals surface area contributed by atoms with Gasteiger partial charge >= 0.3 is 0 Å². The van der Waals surface area contributed by atoms with Crippen molar-refractivity contribution in [3.05, 3.63) is 102 Å². The lowest BCUT2D eigenvalue weighted by Crippen LogP contribution is -2.15. The highest BCUT2D eigenvalue weighted by molar-refractivity contribution is 5.99. The molecule has 35 heavy (non-hydrogen) atoms. The lowest BCUT2D eigenvalue weighted by molar-refractivity contribution is 0.0968. The number of fused-ring (bicyclic) bond motifs is 1. The molecule has 1 atom stereocenters. The molecule has 0 aliphatic rings. The van der Waals surface area contributed by atoms with Crippen molar-refractivity contribution in [1.29, 1.82) is 0 Å². The zero-order chi connectivity index (χ0) is 24.2. The van der Waals surface area contributed by atoms with Gasteiger partial charge in [-0.2, -0.15) is 0 Å². The van der Waals surface area contributed by atoms with Crippen LogP contribution in [0.5, 0.6) is 5.75 Å². The second kappa shape index (κ2) is 9.97. The van der Waals surface area contributed by atoms with E-state index in [0.717, 1.165) is 39.4 Å². The highest BCUT2D eigenvalue weighted by Gasteiger charge is 2.24. The molecule has 0 unspecified atom stereocenters. The minimum atomic E-state index is -0.120. The summed E-state index contributed by atoms with van der Waals surface area (Å²) in [6, 6.07) is 23.8. The molecule has 0 amide bonds. The normalized spacial score (nSPS) is 12.1. The number of nitrogens with zero attached hydrogens (tertiary/aromatic N) is 3. The van der Waals surface area contributed by atoms with E-state index in [9.17, 15) is 4.79 Å². The van der Waals surface area contributed by atoms with Crippen molar-refractivity contribution in [2.45, 2.75) is 25.7 Å². The predicted molar refractivity (Wildman–Crippen MR) is 138 cm³/mol. The molecule has 0 aliphatic carbocycles. The molecular formula is C29H28N4O2. The molecule has 1 N–H and O–H groups in total. The maximum Gasteiger partial charge on any atom is 0.179 e. The molecule has 0 saturated carbocycles. The molecule has 0 radical (unpaired) electrons. The van der Waals surface area contributed by atoms with Gasteiger partial charge in [-0.25, -0.2) is 4.98 Å². The largest absolute Gasteiger partial charge is 0.494 e. The van der Waals surface area contributed by atoms with Gasteiger partial charge < -0.3 is 14.3 Å². The summed E-state index contributed by atoms with van der Waals surface area (Å²) >= 11 is 0. The van der Waals surface area contributed by atoms with Crippen molar-refractivity contribution in [3.8, 4) is 17.0 Å². The fraction of sp³-hybridized carbons (Fsp3) is 0.207. The van der Waals surface area contributed by atoms with Crippen LogP contribution in [0.3, 0.4) is 0 Å². The number of ketones is 1. The highest BCUT2D eigenvalue weighted by Crippen LogP contribution is 2.30. The van der Waals surface area contributed by atoms with Crippen molar-refractivity contribution in [1.82, 2.24) is 19.5 Å². The number of ether oxygens (including phenoxy) is 1. The molecule has 6 nitrogen and oxygen atoms in total. The van der Waals surface area contributed by atoms with E-state index in [2.05, 4.69) is 14.5 Å². The molecule has 5 aromatic rings. The number of carbonyl (C=O) groups is 1. The number of aromatic amines is 1. The number of nitrogens with one attached hydrogen (secondary N) is 1. The van der Waals surface area contributed by atoms with E-state index in [1.807, 2.05) is 93.0 Å². The quantitative estimate of drug-likeness (QED) is 0.273. The summed E-state index contributed by atoms with van der Waals surface area (Å²) in [5, 5.41) is 1.03. The van der Waals surface area contributed by atoms with Gasteiger partial charge in [0, 0.05) is 47.7 Å². The van der Waals surface area contributed by atoms with Crippen LogP contribution in [0.1, 0.15) is 41.3 Å². The molecule has 0 bridgehead atoms. The first kappa shape index (κ1) is 22.6. The Labute approximate surface area is 204 Å². The Balaban J connectivity index is 1.45. The van der Waals surface area contributed by atoms with Crippen molar-refractivity contribution in [3.63, 3.8) is 0 Å². The lowest BCUT2D eigenvalue weighted by atomic mass is 9.94. The molecule has 3 heterocycles. The Morgan fingerprint density at radius 2 is 1.83 bits per heavy atom. The molecule has 176 valence electrons. The van der Waals surface area contributed by atoms with E-state index in [1.165, 1.54) is 0 Å². The number of rotatable bonds is 9. The van der Waals surface area contributed by atoms with Crippen LogP contribution in [0.15, 0.2) is 85.2 Å². The zero-order valence-electron chi connectivity index (χ0n) is 19.9. The number of carbonyl (C=O) groups excluding carboxylic acids is 1. The van der Waals surface area contributed by atoms with Gasteiger partial charge in [-0.05, 0) is 61.9 Å². The Hall–Kier alpha value is -4.19. The number of aromatic nitrogens is 4. The van der Waals surface area contributed by atoms with Gasteiger partial charge in [-0.1, -0.05) is 24.3 Å². The first-order valence-electron chi connectivity index (χ1n) is 11.9. The van der Waals surface area contributed by atoms with Gasteiger partial charge in [0.25, 0.3) is 0 Å². The number of para-hydroxylation sites is 1. The topological polar surface area (TPSA) is 72.8 Å². The van der Waals surface area contributed by atoms with Gasteiger partial charge in [0.2, 0.25) is 0 Å². The number of Topliss-reactive ketones (excluding diaryl/α,β-unsaturated/α-hetero) is 1. The van der Waals surface area contributed by atoms with Crippen molar-refractivity contribution < 1.29 is 9.53 Å². The lowest BCUT2D eigenvalue weighted by Gasteiger charge is -2.17. The van der Waals surface area contributed by atoms with Crippen LogP contribution in [-0.2, 0) is 13.5 Å². The average Bonchev–Trinajstić information content (AvgIpc) is 3.49. The van der Waals surface area contributed by atoms with E-state index >= 15 is 0 Å². The van der Waals surface area contributed by atoms with Crippen molar-refractivity contribution in [2.24, 2.45) is 7.05 Å². The summed E-state index contributed by atoms with van der Waals surface area (Å²) < 4.78 is 7.66. The standard InChI is InChI=1S/C29H28N4O2/c1-3-35-24-13-11-20(12-14-24)27-19-31-29(33(27)2)22(16-23-9-6-7-15-30-23)18-28(34)26-17-21-8-4-5-10-25(21)32-26/h4-15,17,19,22,32H,3,16,18H2,1-2H3/t22-/m1/s1. The Morgan fingerprint density at radius 3 is 2.57 bits per heavy atom. The van der Waals surface area contributed by atoms with Gasteiger partial charge in [-0.15, -0.1) is 0 Å². The summed E-state index contributed by atoms with van der Waals surface area (Å²) in [4.78, 5) is 25.9. The molecule has 3 aromatic heterocycles. The third kappa shape index (κ3) is 4.87. The first-order chi connectivity index (χ1) is 17.1. The molecule has 0 aliphatic heterocycles. The van der Waals surface area contributed by atoms with Crippen LogP contribution < -0.4 is 4.74 Å². The van der Waals surface area contributed by atoms with E-state index in [1.54, 1.807) is 6.20 Å². The van der Waals surface area contributed by atoms with Crippen LogP contribution in [0.4, 0.5) is 0 Å². The van der Waals surface area contributed by atoms with Crippen LogP contribution in [0.25, 0.3) is 22.2 Å². The van der Waals surface area contributed by atoms with Crippen molar-refractivity contribution in [2.75, 3.05) is 6.61 Å². The maximum atomic E-state index is 13.4. The van der Waals surface area contributed by atoms with E-state index < -0.39 is 0 Å². The summed E-state index contributed by atoms with van der Waals surface area (Å²) in [7, 11) is 2.01. The highest BCUT2D eigenvalue weighted by atomic mass is 16.5. The number of hydrogen-bond acceptors (Lipinski definition) is 4. The van der Waals surface area contributed by atoms with Gasteiger partial charge in [0.05, 0.1) is 24.2 Å². The number of imidazole rings is 1. The van der Waals surface area contributed by atoms with E-state index in [0.29, 0.717) is 25.1 Å². The summed E-state index contributed by atoms with van der Waals surface area (Å²) in [6.07, 6.45) is 4.62. The smallest absolute Gasteiger partial charge is 0.179 e. The minimum Gasteiger partial charge on any atom is -0.494 e. The number of pyridine rings is 1. The minimum absolute atomic E-state index is 0.0627. The summed E-state index contributed by atoms with van der Waals surface area (Å²) in [5.41, 5.74) is 4.57. The molecular weight excluding hydrogens is 436 g/mol. The molecule has 6 heteroatoms. The molecule has 0 spiro atoms. The number of H-pyrrole nitrogens is 1. The number of benzene rings is 2. The third-order valence-electron chi connectivity index (χ3n) is 6.29. The molecule has 5 rings (SSSR count). The van der Waals surface area contributed by atoms with Gasteiger partial charge in [0.1, 0.15) is 11.6 Å². The van der Waals surface area contributed by atoms with Gasteiger partial charge in [-0.3, -0.25) is 9.78 Å². The molecule has 2 aromatic carbocycles. The first-order valence-corrected chi connectivity index (χ1v) is 11.9. The van der Waals surface area contributed by atoms with Crippen LogP contribution in [0.2, 0.25) is 0 Å². The average molecular weight is 465 g/mol. The fourth-order valence-corrected chi connectivity index (χ4v) is 4.54. The zero-order valence-corrected chi connectivity index (χ0v) is 19.9. The predicted octanol–water partition coefficient (Wildman–Crippen LogP) is 5.96. The van der Waals surface area contributed by atoms with E-state index in [-0.39, 0.29) is 11.7 Å².